The van der Waals surface area contributed by atoms with Crippen LogP contribution in [0.5, 0.6) is 0 Å². The van der Waals surface area contributed by atoms with Gasteiger partial charge in [-0.3, -0.25) is 4.79 Å². The van der Waals surface area contributed by atoms with Gasteiger partial charge in [-0.2, -0.15) is 0 Å². The van der Waals surface area contributed by atoms with E-state index in [2.05, 4.69) is 22.0 Å². The van der Waals surface area contributed by atoms with Crippen LogP contribution in [0.3, 0.4) is 0 Å². The average molecular weight is 343 g/mol. The highest BCUT2D eigenvalue weighted by Crippen LogP contribution is 2.55. The van der Waals surface area contributed by atoms with Crippen molar-refractivity contribution >= 4 is 21.7 Å². The summed E-state index contributed by atoms with van der Waals surface area (Å²) in [5, 5.41) is 0. The quantitative estimate of drug-likeness (QED) is 0.715. The maximum absolute atomic E-state index is 12.9. The molecule has 2 aromatic carbocycles. The number of carbonyl (C=O) groups is 1. The molecule has 1 aliphatic carbocycles. The monoisotopic (exact) mass is 342 g/mol. The molecule has 21 heavy (non-hydrogen) atoms. The minimum Gasteiger partial charge on any atom is -0.352 e. The third kappa shape index (κ3) is 2.07. The van der Waals surface area contributed by atoms with Gasteiger partial charge in [0, 0.05) is 10.0 Å². The zero-order chi connectivity index (χ0) is 14.4. The topological polar surface area (TPSA) is 29.6 Å². The highest BCUT2D eigenvalue weighted by Gasteiger charge is 2.62. The maximum Gasteiger partial charge on any atom is 0.197 e. The molecule has 2 aliphatic rings. The molecule has 0 amide bonds. The molecule has 0 saturated carbocycles. The van der Waals surface area contributed by atoms with Crippen LogP contribution < -0.4 is 0 Å². The molecule has 2 aromatic rings. The van der Waals surface area contributed by atoms with Crippen LogP contribution in [0.1, 0.15) is 40.4 Å². The second-order valence-electron chi connectivity index (χ2n) is 5.78. The predicted octanol–water partition coefficient (Wildman–Crippen LogP) is 4.48. The van der Waals surface area contributed by atoms with Crippen LogP contribution in [-0.2, 0) is 11.2 Å². The van der Waals surface area contributed by atoms with Crippen LogP contribution in [0, 0.1) is 0 Å². The summed E-state index contributed by atoms with van der Waals surface area (Å²) in [5.74, 6) is 0.156. The van der Waals surface area contributed by atoms with E-state index in [-0.39, 0.29) is 11.9 Å². The summed E-state index contributed by atoms with van der Waals surface area (Å²) in [6.07, 6.45) is 2.67. The van der Waals surface area contributed by atoms with Gasteiger partial charge in [-0.05, 0) is 42.5 Å². The van der Waals surface area contributed by atoms with Gasteiger partial charge in [-0.25, -0.2) is 0 Å². The lowest BCUT2D eigenvalue weighted by Crippen LogP contribution is -2.24. The summed E-state index contributed by atoms with van der Waals surface area (Å²) in [4.78, 5) is 12.9. The first-order chi connectivity index (χ1) is 10.2. The molecule has 0 unspecified atom stereocenters. The second-order valence-corrected chi connectivity index (χ2v) is 6.69. The number of hydrogen-bond acceptors (Lipinski definition) is 2. The van der Waals surface area contributed by atoms with Crippen molar-refractivity contribution in [3.8, 4) is 0 Å². The molecule has 0 radical (unpaired) electrons. The molecule has 106 valence electrons. The number of rotatable bonds is 1. The van der Waals surface area contributed by atoms with Gasteiger partial charge in [0.25, 0.3) is 0 Å². The number of halogens is 1. The molecule has 0 bridgehead atoms. The number of hydrogen-bond donors (Lipinski definition) is 0. The van der Waals surface area contributed by atoms with Gasteiger partial charge in [0.1, 0.15) is 6.10 Å². The SMILES string of the molecule is O=C1c2ccccc2CCC[C@]12O[C@H]2c1ccc(Br)cc1. The Labute approximate surface area is 132 Å². The van der Waals surface area contributed by atoms with E-state index in [0.717, 1.165) is 40.4 Å². The van der Waals surface area contributed by atoms with Gasteiger partial charge in [0.15, 0.2) is 11.4 Å². The van der Waals surface area contributed by atoms with Gasteiger partial charge in [0.05, 0.1) is 0 Å². The van der Waals surface area contributed by atoms with E-state index in [9.17, 15) is 4.79 Å². The molecule has 0 N–H and O–H groups in total. The smallest absolute Gasteiger partial charge is 0.197 e. The number of fused-ring (bicyclic) bond motifs is 1. The summed E-state index contributed by atoms with van der Waals surface area (Å²) >= 11 is 3.44. The van der Waals surface area contributed by atoms with Crippen LogP contribution in [0.15, 0.2) is 53.0 Å². The standard InChI is InChI=1S/C18H15BrO2/c19-14-9-7-13(8-10-14)17-18(21-17)11-3-5-12-4-1-2-6-15(12)16(18)20/h1-2,4,6-10,17H,3,5,11H2/t17-,18-/m0/s1. The van der Waals surface area contributed by atoms with E-state index < -0.39 is 5.60 Å². The van der Waals surface area contributed by atoms with Gasteiger partial charge < -0.3 is 4.74 Å². The van der Waals surface area contributed by atoms with Crippen molar-refractivity contribution in [2.45, 2.75) is 31.0 Å². The van der Waals surface area contributed by atoms with Gasteiger partial charge in [0.2, 0.25) is 0 Å². The molecule has 1 fully saturated rings. The number of ether oxygens (including phenoxy) is 1. The number of carbonyl (C=O) groups excluding carboxylic acids is 1. The van der Waals surface area contributed by atoms with E-state index in [1.807, 2.05) is 42.5 Å². The Hall–Kier alpha value is -1.45. The van der Waals surface area contributed by atoms with E-state index in [1.54, 1.807) is 0 Å². The third-order valence-corrected chi connectivity index (χ3v) is 5.04. The summed E-state index contributed by atoms with van der Waals surface area (Å²) in [6.45, 7) is 0. The highest BCUT2D eigenvalue weighted by molar-refractivity contribution is 9.10. The Kier molecular flexibility index (Phi) is 3.02. The normalized spacial score (nSPS) is 27.3. The van der Waals surface area contributed by atoms with Crippen LogP contribution >= 0.6 is 15.9 Å². The molecule has 2 atom stereocenters. The molecule has 4 rings (SSSR count). The van der Waals surface area contributed by atoms with Gasteiger partial charge in [-0.1, -0.05) is 52.3 Å². The highest BCUT2D eigenvalue weighted by atomic mass is 79.9. The van der Waals surface area contributed by atoms with Crippen molar-refractivity contribution in [1.82, 2.24) is 0 Å². The number of benzene rings is 2. The lowest BCUT2D eigenvalue weighted by Gasteiger charge is -2.09. The molecular formula is C18H15BrO2. The average Bonchev–Trinajstić information content (AvgIpc) is 3.25. The first-order valence-corrected chi connectivity index (χ1v) is 8.06. The molecule has 2 nitrogen and oxygen atoms in total. The van der Waals surface area contributed by atoms with Crippen LogP contribution in [-0.4, -0.2) is 11.4 Å². The van der Waals surface area contributed by atoms with Crippen molar-refractivity contribution in [3.63, 3.8) is 0 Å². The van der Waals surface area contributed by atoms with Crippen molar-refractivity contribution in [2.24, 2.45) is 0 Å². The fourth-order valence-corrected chi connectivity index (χ4v) is 3.62. The molecular weight excluding hydrogens is 328 g/mol. The Bertz CT molecular complexity index is 707. The Morgan fingerprint density at radius 3 is 2.67 bits per heavy atom. The molecule has 3 heteroatoms. The fraction of sp³-hybridized carbons (Fsp3) is 0.278. The minimum absolute atomic E-state index is 0.0933. The number of aryl methyl sites for hydroxylation is 1. The van der Waals surface area contributed by atoms with Crippen molar-refractivity contribution in [1.29, 1.82) is 0 Å². The van der Waals surface area contributed by atoms with E-state index >= 15 is 0 Å². The van der Waals surface area contributed by atoms with Crippen molar-refractivity contribution in [2.75, 3.05) is 0 Å². The van der Waals surface area contributed by atoms with Crippen LogP contribution in [0.2, 0.25) is 0 Å². The summed E-state index contributed by atoms with van der Waals surface area (Å²) < 4.78 is 7.00. The summed E-state index contributed by atoms with van der Waals surface area (Å²) in [6, 6.07) is 16.0. The zero-order valence-electron chi connectivity index (χ0n) is 11.5. The number of ketones is 1. The summed E-state index contributed by atoms with van der Waals surface area (Å²) in [7, 11) is 0. The molecule has 0 aromatic heterocycles. The fourth-order valence-electron chi connectivity index (χ4n) is 3.36. The number of Topliss-reactive ketones (excluding diaryl/α,β-unsaturated/α-hetero) is 1. The van der Waals surface area contributed by atoms with Crippen molar-refractivity contribution in [3.05, 3.63) is 69.7 Å². The predicted molar refractivity (Wildman–Crippen MR) is 84.4 cm³/mol. The van der Waals surface area contributed by atoms with E-state index in [0.29, 0.717) is 0 Å². The zero-order valence-corrected chi connectivity index (χ0v) is 13.1. The third-order valence-electron chi connectivity index (χ3n) is 4.51. The van der Waals surface area contributed by atoms with Crippen LogP contribution in [0.4, 0.5) is 0 Å². The van der Waals surface area contributed by atoms with Crippen molar-refractivity contribution < 1.29 is 9.53 Å². The lowest BCUT2D eigenvalue weighted by atomic mass is 9.89. The minimum atomic E-state index is -0.625. The van der Waals surface area contributed by atoms with Gasteiger partial charge >= 0.3 is 0 Å². The maximum atomic E-state index is 12.9. The first kappa shape index (κ1) is 13.2. The largest absolute Gasteiger partial charge is 0.352 e. The molecule has 1 heterocycles. The van der Waals surface area contributed by atoms with E-state index in [1.165, 1.54) is 0 Å². The Balaban J connectivity index is 1.70. The molecule has 1 saturated heterocycles. The van der Waals surface area contributed by atoms with E-state index in [4.69, 9.17) is 4.74 Å². The summed E-state index contributed by atoms with van der Waals surface area (Å²) in [5.41, 5.74) is 2.46. The van der Waals surface area contributed by atoms with Gasteiger partial charge in [-0.15, -0.1) is 0 Å². The van der Waals surface area contributed by atoms with Crippen LogP contribution in [0.25, 0.3) is 0 Å². The Morgan fingerprint density at radius 1 is 1.10 bits per heavy atom. The Morgan fingerprint density at radius 2 is 1.86 bits per heavy atom. The number of epoxide rings is 1. The lowest BCUT2D eigenvalue weighted by molar-refractivity contribution is 0.0867. The molecule has 1 aliphatic heterocycles. The first-order valence-electron chi connectivity index (χ1n) is 7.27. The molecule has 1 spiro atoms. The second kappa shape index (κ2) is 4.79.